The third kappa shape index (κ3) is 3.43. The zero-order valence-corrected chi connectivity index (χ0v) is 13.4. The van der Waals surface area contributed by atoms with Crippen LogP contribution in [0.15, 0.2) is 30.6 Å². The summed E-state index contributed by atoms with van der Waals surface area (Å²) in [7, 11) is 0. The van der Waals surface area contributed by atoms with Crippen molar-refractivity contribution in [2.24, 2.45) is 0 Å². The molecule has 1 amide bonds. The van der Waals surface area contributed by atoms with E-state index >= 15 is 0 Å². The Morgan fingerprint density at radius 1 is 1.43 bits per heavy atom. The summed E-state index contributed by atoms with van der Waals surface area (Å²) in [5, 5.41) is 2.93. The second-order valence-electron chi connectivity index (χ2n) is 5.60. The number of carbonyl (C=O) groups is 1. The van der Waals surface area contributed by atoms with Crippen LogP contribution in [0.25, 0.3) is 5.69 Å². The Morgan fingerprint density at radius 2 is 2.30 bits per heavy atom. The van der Waals surface area contributed by atoms with Crippen LogP contribution in [0.3, 0.4) is 0 Å². The van der Waals surface area contributed by atoms with Crippen molar-refractivity contribution >= 4 is 5.91 Å². The minimum atomic E-state index is -0.509. The molecule has 1 aliphatic rings. The van der Waals surface area contributed by atoms with Gasteiger partial charge in [-0.15, -0.1) is 0 Å². The van der Waals surface area contributed by atoms with Gasteiger partial charge in [-0.1, -0.05) is 0 Å². The molecule has 1 N–H and O–H groups in total. The number of nitrogens with one attached hydrogen (secondary N) is 1. The van der Waals surface area contributed by atoms with E-state index in [0.29, 0.717) is 26.4 Å². The molecule has 0 radical (unpaired) electrons. The van der Waals surface area contributed by atoms with Crippen molar-refractivity contribution in [2.75, 3.05) is 19.8 Å². The summed E-state index contributed by atoms with van der Waals surface area (Å²) in [4.78, 5) is 16.3. The van der Waals surface area contributed by atoms with E-state index in [1.807, 2.05) is 32.2 Å². The van der Waals surface area contributed by atoms with Gasteiger partial charge in [0.15, 0.2) is 6.10 Å². The zero-order valence-electron chi connectivity index (χ0n) is 13.4. The highest BCUT2D eigenvalue weighted by atomic mass is 16.6. The van der Waals surface area contributed by atoms with E-state index in [9.17, 15) is 4.79 Å². The highest BCUT2D eigenvalue weighted by molar-refractivity contribution is 5.81. The monoisotopic (exact) mass is 315 g/mol. The van der Waals surface area contributed by atoms with Crippen molar-refractivity contribution in [3.8, 4) is 5.69 Å². The van der Waals surface area contributed by atoms with Crippen molar-refractivity contribution in [3.05, 3.63) is 47.5 Å². The summed E-state index contributed by atoms with van der Waals surface area (Å²) in [5.41, 5.74) is 4.30. The van der Waals surface area contributed by atoms with Gasteiger partial charge in [-0.05, 0) is 37.6 Å². The Hall–Kier alpha value is -2.18. The molecular formula is C17H21N3O3. The van der Waals surface area contributed by atoms with E-state index < -0.39 is 6.10 Å². The van der Waals surface area contributed by atoms with Crippen LogP contribution < -0.4 is 5.32 Å². The smallest absolute Gasteiger partial charge is 0.251 e. The van der Waals surface area contributed by atoms with Crippen LogP contribution in [-0.2, 0) is 20.8 Å². The van der Waals surface area contributed by atoms with Crippen molar-refractivity contribution in [2.45, 2.75) is 26.5 Å². The molecule has 0 saturated carbocycles. The maximum Gasteiger partial charge on any atom is 0.251 e. The van der Waals surface area contributed by atoms with Crippen molar-refractivity contribution < 1.29 is 14.3 Å². The molecular weight excluding hydrogens is 294 g/mol. The van der Waals surface area contributed by atoms with Crippen molar-refractivity contribution in [3.63, 3.8) is 0 Å². The van der Waals surface area contributed by atoms with Crippen LogP contribution >= 0.6 is 0 Å². The molecule has 2 aromatic rings. The van der Waals surface area contributed by atoms with E-state index in [1.54, 1.807) is 6.20 Å². The Balaban J connectivity index is 1.70. The van der Waals surface area contributed by atoms with Crippen LogP contribution in [0.5, 0.6) is 0 Å². The Bertz CT molecular complexity index is 676. The minimum Gasteiger partial charge on any atom is -0.376 e. The maximum absolute atomic E-state index is 12.1. The summed E-state index contributed by atoms with van der Waals surface area (Å²) >= 11 is 0. The molecule has 1 atom stereocenters. The van der Waals surface area contributed by atoms with E-state index in [-0.39, 0.29) is 5.91 Å². The molecule has 3 rings (SSSR count). The van der Waals surface area contributed by atoms with Gasteiger partial charge in [0.1, 0.15) is 0 Å². The van der Waals surface area contributed by atoms with E-state index in [0.717, 1.165) is 22.6 Å². The molecule has 23 heavy (non-hydrogen) atoms. The number of hydrogen-bond donors (Lipinski definition) is 1. The molecule has 0 spiro atoms. The molecule has 1 aliphatic heterocycles. The summed E-state index contributed by atoms with van der Waals surface area (Å²) in [6, 6.07) is 6.01. The van der Waals surface area contributed by atoms with Gasteiger partial charge in [0.2, 0.25) is 0 Å². The molecule has 3 heterocycles. The quantitative estimate of drug-likeness (QED) is 0.929. The zero-order chi connectivity index (χ0) is 16.2. The van der Waals surface area contributed by atoms with Gasteiger partial charge in [-0.2, -0.15) is 0 Å². The fourth-order valence-electron chi connectivity index (χ4n) is 2.83. The topological polar surface area (TPSA) is 65.4 Å². The first-order valence-corrected chi connectivity index (χ1v) is 7.72. The average Bonchev–Trinajstić information content (AvgIpc) is 2.88. The lowest BCUT2D eigenvalue weighted by atomic mass is 10.2. The maximum atomic E-state index is 12.1. The SMILES string of the molecule is Cc1cc(CNC(=O)C2COCCO2)c(C)n1-c1cccnc1. The number of ether oxygens (including phenoxy) is 2. The van der Waals surface area contributed by atoms with Gasteiger partial charge in [0, 0.05) is 24.1 Å². The normalized spacial score (nSPS) is 17.9. The molecule has 6 heteroatoms. The van der Waals surface area contributed by atoms with Crippen LogP contribution in [0.4, 0.5) is 0 Å². The standard InChI is InChI=1S/C17H21N3O3/c1-12-8-14(9-19-17(21)16-11-22-6-7-23-16)13(2)20(12)15-4-3-5-18-10-15/h3-5,8,10,16H,6-7,9,11H2,1-2H3,(H,19,21). The predicted octanol–water partition coefficient (Wildman–Crippen LogP) is 1.52. The largest absolute Gasteiger partial charge is 0.376 e. The number of carbonyl (C=O) groups excluding carboxylic acids is 1. The van der Waals surface area contributed by atoms with E-state index in [1.165, 1.54) is 0 Å². The van der Waals surface area contributed by atoms with Gasteiger partial charge >= 0.3 is 0 Å². The molecule has 6 nitrogen and oxygen atoms in total. The Morgan fingerprint density at radius 3 is 3.00 bits per heavy atom. The predicted molar refractivity (Wildman–Crippen MR) is 85.4 cm³/mol. The Kier molecular flexibility index (Phi) is 4.73. The molecule has 0 bridgehead atoms. The molecule has 122 valence electrons. The number of pyridine rings is 1. The van der Waals surface area contributed by atoms with Gasteiger partial charge in [-0.25, -0.2) is 0 Å². The van der Waals surface area contributed by atoms with Gasteiger partial charge in [0.25, 0.3) is 5.91 Å². The van der Waals surface area contributed by atoms with E-state index in [2.05, 4.69) is 20.9 Å². The van der Waals surface area contributed by atoms with E-state index in [4.69, 9.17) is 9.47 Å². The lowest BCUT2D eigenvalue weighted by molar-refractivity contribution is -0.147. The van der Waals surface area contributed by atoms with Crippen LogP contribution in [0.2, 0.25) is 0 Å². The van der Waals surface area contributed by atoms with Gasteiger partial charge in [0.05, 0.1) is 31.7 Å². The minimum absolute atomic E-state index is 0.129. The number of rotatable bonds is 4. The number of aromatic nitrogens is 2. The lowest BCUT2D eigenvalue weighted by Gasteiger charge is -2.22. The second-order valence-corrected chi connectivity index (χ2v) is 5.60. The average molecular weight is 315 g/mol. The summed E-state index contributed by atoms with van der Waals surface area (Å²) in [6.07, 6.45) is 3.08. The van der Waals surface area contributed by atoms with Crippen LogP contribution in [0.1, 0.15) is 17.0 Å². The summed E-state index contributed by atoms with van der Waals surface area (Å²) < 4.78 is 12.8. The number of hydrogen-bond acceptors (Lipinski definition) is 4. The lowest BCUT2D eigenvalue weighted by Crippen LogP contribution is -2.42. The van der Waals surface area contributed by atoms with Gasteiger partial charge < -0.3 is 19.4 Å². The highest BCUT2D eigenvalue weighted by Gasteiger charge is 2.22. The molecule has 0 aromatic carbocycles. The molecule has 0 aliphatic carbocycles. The van der Waals surface area contributed by atoms with Gasteiger partial charge in [-0.3, -0.25) is 9.78 Å². The first-order chi connectivity index (χ1) is 11.2. The summed E-state index contributed by atoms with van der Waals surface area (Å²) in [6.45, 7) is 5.90. The second kappa shape index (κ2) is 6.93. The number of aryl methyl sites for hydroxylation is 1. The first kappa shape index (κ1) is 15.7. The number of nitrogens with zero attached hydrogens (tertiary/aromatic N) is 2. The summed E-state index contributed by atoms with van der Waals surface area (Å²) in [5.74, 6) is -0.129. The van der Waals surface area contributed by atoms with Crippen LogP contribution in [0, 0.1) is 13.8 Å². The molecule has 1 saturated heterocycles. The third-order valence-electron chi connectivity index (χ3n) is 4.00. The highest BCUT2D eigenvalue weighted by Crippen LogP contribution is 2.20. The molecule has 2 aromatic heterocycles. The van der Waals surface area contributed by atoms with Crippen molar-refractivity contribution in [1.29, 1.82) is 0 Å². The van der Waals surface area contributed by atoms with Crippen LogP contribution in [-0.4, -0.2) is 41.4 Å². The fraction of sp³-hybridized carbons (Fsp3) is 0.412. The van der Waals surface area contributed by atoms with Crippen molar-refractivity contribution in [1.82, 2.24) is 14.9 Å². The third-order valence-corrected chi connectivity index (χ3v) is 4.00. The fourth-order valence-corrected chi connectivity index (χ4v) is 2.83. The molecule has 1 fully saturated rings. The number of amides is 1. The first-order valence-electron chi connectivity index (χ1n) is 7.72. The molecule has 1 unspecified atom stereocenters. The Labute approximate surface area is 135 Å².